The third kappa shape index (κ3) is 2.67. The number of fused-ring (bicyclic) bond motifs is 3. The van der Waals surface area contributed by atoms with Crippen LogP contribution in [0.2, 0.25) is 0 Å². The van der Waals surface area contributed by atoms with E-state index in [1.807, 2.05) is 0 Å². The second kappa shape index (κ2) is 5.72. The van der Waals surface area contributed by atoms with Gasteiger partial charge in [0.1, 0.15) is 5.75 Å². The van der Waals surface area contributed by atoms with Gasteiger partial charge in [-0.05, 0) is 46.7 Å². The zero-order chi connectivity index (χ0) is 18.3. The largest absolute Gasteiger partial charge is 0.507 e. The number of aromatic carboxylic acids is 1. The zero-order valence-corrected chi connectivity index (χ0v) is 12.6. The Morgan fingerprint density at radius 3 is 2.16 bits per heavy atom. The number of hydrogen-bond acceptors (Lipinski definition) is 5. The third-order valence-corrected chi connectivity index (χ3v) is 3.84. The van der Waals surface area contributed by atoms with E-state index < -0.39 is 23.4 Å². The van der Waals surface area contributed by atoms with Crippen LogP contribution < -0.4 is 0 Å². The van der Waals surface area contributed by atoms with Gasteiger partial charge in [0.2, 0.25) is 0 Å². The Labute approximate surface area is 140 Å². The van der Waals surface area contributed by atoms with Crippen LogP contribution in [0.4, 0.5) is 0 Å². The summed E-state index contributed by atoms with van der Waals surface area (Å²) in [5, 5.41) is 48.9. The summed E-state index contributed by atoms with van der Waals surface area (Å²) in [4.78, 5) is 22.5. The predicted molar refractivity (Wildman–Crippen MR) is 90.1 cm³/mol. The smallest absolute Gasteiger partial charge is 0.336 e. The van der Waals surface area contributed by atoms with Crippen molar-refractivity contribution in [1.29, 1.82) is 0 Å². The lowest BCUT2D eigenvalue weighted by molar-refractivity contribution is -0.131. The van der Waals surface area contributed by atoms with E-state index in [2.05, 4.69) is 0 Å². The molecule has 3 rings (SSSR count). The van der Waals surface area contributed by atoms with E-state index in [0.717, 1.165) is 6.08 Å². The van der Waals surface area contributed by atoms with Gasteiger partial charge in [0.05, 0.1) is 5.56 Å². The van der Waals surface area contributed by atoms with Crippen LogP contribution in [0.25, 0.3) is 27.6 Å². The average Bonchev–Trinajstić information content (AvgIpc) is 2.54. The molecule has 0 atom stereocenters. The Morgan fingerprint density at radius 1 is 0.840 bits per heavy atom. The van der Waals surface area contributed by atoms with Gasteiger partial charge in [-0.1, -0.05) is 6.07 Å². The number of phenols is 3. The van der Waals surface area contributed by atoms with Gasteiger partial charge in [-0.2, -0.15) is 0 Å². The molecule has 0 bridgehead atoms. The number of aromatic hydroxyl groups is 3. The maximum Gasteiger partial charge on any atom is 0.336 e. The quantitative estimate of drug-likeness (QED) is 0.281. The molecule has 0 saturated heterocycles. The maximum absolute atomic E-state index is 11.7. The van der Waals surface area contributed by atoms with Crippen molar-refractivity contribution in [3.05, 3.63) is 47.5 Å². The topological polar surface area (TPSA) is 135 Å². The summed E-state index contributed by atoms with van der Waals surface area (Å²) >= 11 is 0. The average molecular weight is 340 g/mol. The number of carboxylic acids is 2. The summed E-state index contributed by atoms with van der Waals surface area (Å²) in [6.07, 6.45) is 2.08. The van der Waals surface area contributed by atoms with Crippen molar-refractivity contribution in [2.75, 3.05) is 0 Å². The molecule has 0 heterocycles. The molecule has 0 fully saturated rings. The van der Waals surface area contributed by atoms with Gasteiger partial charge in [0.25, 0.3) is 0 Å². The van der Waals surface area contributed by atoms with E-state index in [-0.39, 0.29) is 27.6 Å². The minimum absolute atomic E-state index is 0.127. The molecule has 0 aliphatic heterocycles. The molecule has 126 valence electrons. The number of rotatable bonds is 3. The van der Waals surface area contributed by atoms with Crippen LogP contribution in [0.3, 0.4) is 0 Å². The molecule has 0 aromatic heterocycles. The molecule has 3 aromatic rings. The minimum atomic E-state index is -1.28. The lowest BCUT2D eigenvalue weighted by Crippen LogP contribution is -2.00. The van der Waals surface area contributed by atoms with Gasteiger partial charge in [-0.3, -0.25) is 0 Å². The van der Waals surface area contributed by atoms with E-state index in [4.69, 9.17) is 5.11 Å². The van der Waals surface area contributed by atoms with Gasteiger partial charge in [-0.15, -0.1) is 0 Å². The van der Waals surface area contributed by atoms with Crippen LogP contribution in [-0.4, -0.2) is 37.5 Å². The standard InChI is InChI=1S/C18H12O7/c19-12-3-1-8(2-4-15(22)23)16-11(18(24)25)5-9-6-13(20)14(21)7-10(9)17(12)16/h1-7,19-21H,(H,22,23)(H,24,25)/b4-2+. The molecule has 7 nitrogen and oxygen atoms in total. The summed E-state index contributed by atoms with van der Waals surface area (Å²) in [5.41, 5.74) is 0.107. The fraction of sp³-hybridized carbons (Fsp3) is 0. The molecule has 7 heteroatoms. The van der Waals surface area contributed by atoms with E-state index in [1.54, 1.807) is 0 Å². The van der Waals surface area contributed by atoms with E-state index in [0.29, 0.717) is 10.8 Å². The molecular weight excluding hydrogens is 328 g/mol. The highest BCUT2D eigenvalue weighted by Gasteiger charge is 2.18. The molecule has 3 aromatic carbocycles. The normalized spacial score (nSPS) is 11.4. The Morgan fingerprint density at radius 2 is 1.52 bits per heavy atom. The monoisotopic (exact) mass is 340 g/mol. The van der Waals surface area contributed by atoms with Gasteiger partial charge in [0.15, 0.2) is 11.5 Å². The van der Waals surface area contributed by atoms with Crippen molar-refractivity contribution in [1.82, 2.24) is 0 Å². The molecule has 0 spiro atoms. The zero-order valence-electron chi connectivity index (χ0n) is 12.6. The first-order valence-electron chi connectivity index (χ1n) is 7.08. The maximum atomic E-state index is 11.7. The summed E-state index contributed by atoms with van der Waals surface area (Å²) in [6.45, 7) is 0. The molecular formula is C18H12O7. The van der Waals surface area contributed by atoms with Gasteiger partial charge >= 0.3 is 11.9 Å². The molecule has 25 heavy (non-hydrogen) atoms. The Kier molecular flexibility index (Phi) is 3.69. The Bertz CT molecular complexity index is 1080. The molecule has 0 radical (unpaired) electrons. The van der Waals surface area contributed by atoms with Crippen LogP contribution in [0.15, 0.2) is 36.4 Å². The number of phenolic OH excluding ortho intramolecular Hbond substituents is 3. The first-order chi connectivity index (χ1) is 11.8. The van der Waals surface area contributed by atoms with E-state index in [1.165, 1.54) is 36.4 Å². The van der Waals surface area contributed by atoms with Gasteiger partial charge in [0, 0.05) is 16.8 Å². The number of aliphatic carboxylic acids is 1. The first kappa shape index (κ1) is 16.1. The van der Waals surface area contributed by atoms with E-state index >= 15 is 0 Å². The fourth-order valence-corrected chi connectivity index (χ4v) is 2.80. The fourth-order valence-electron chi connectivity index (χ4n) is 2.80. The van der Waals surface area contributed by atoms with Gasteiger partial charge in [-0.25, -0.2) is 9.59 Å². The predicted octanol–water partition coefficient (Wildman–Crippen LogP) is 2.91. The number of hydrogen-bond donors (Lipinski definition) is 5. The highest BCUT2D eigenvalue weighted by Crippen LogP contribution is 2.41. The molecule has 5 N–H and O–H groups in total. The molecule has 0 aliphatic carbocycles. The number of benzene rings is 3. The molecule has 0 saturated carbocycles. The van der Waals surface area contributed by atoms with Crippen molar-refractivity contribution < 1.29 is 35.1 Å². The summed E-state index contributed by atoms with van der Waals surface area (Å²) in [6, 6.07) is 6.39. The van der Waals surface area contributed by atoms with Crippen LogP contribution in [0.1, 0.15) is 15.9 Å². The summed E-state index contributed by atoms with van der Waals surface area (Å²) in [5.74, 6) is -3.58. The van der Waals surface area contributed by atoms with Crippen molar-refractivity contribution in [3.8, 4) is 17.2 Å². The first-order valence-corrected chi connectivity index (χ1v) is 7.08. The lowest BCUT2D eigenvalue weighted by atomic mass is 9.92. The Balaban J connectivity index is 2.56. The molecule has 0 amide bonds. The summed E-state index contributed by atoms with van der Waals surface area (Å²) < 4.78 is 0. The number of carboxylic acid groups (broad SMARTS) is 2. The van der Waals surface area contributed by atoms with Crippen molar-refractivity contribution in [2.24, 2.45) is 0 Å². The van der Waals surface area contributed by atoms with Crippen LogP contribution in [-0.2, 0) is 4.79 Å². The lowest BCUT2D eigenvalue weighted by Gasteiger charge is -2.13. The molecule has 0 aliphatic rings. The highest BCUT2D eigenvalue weighted by atomic mass is 16.4. The Hall–Kier alpha value is -3.74. The molecule has 0 unspecified atom stereocenters. The highest BCUT2D eigenvalue weighted by molar-refractivity contribution is 6.20. The van der Waals surface area contributed by atoms with E-state index in [9.17, 15) is 30.0 Å². The second-order valence-electron chi connectivity index (χ2n) is 5.39. The van der Waals surface area contributed by atoms with Crippen LogP contribution in [0, 0.1) is 0 Å². The summed E-state index contributed by atoms with van der Waals surface area (Å²) in [7, 11) is 0. The third-order valence-electron chi connectivity index (χ3n) is 3.84. The van der Waals surface area contributed by atoms with Crippen molar-refractivity contribution >= 4 is 39.6 Å². The van der Waals surface area contributed by atoms with Crippen LogP contribution in [0.5, 0.6) is 17.2 Å². The van der Waals surface area contributed by atoms with Gasteiger partial charge < -0.3 is 25.5 Å². The second-order valence-corrected chi connectivity index (χ2v) is 5.39. The van der Waals surface area contributed by atoms with Crippen LogP contribution >= 0.6 is 0 Å². The van der Waals surface area contributed by atoms with Crippen molar-refractivity contribution in [3.63, 3.8) is 0 Å². The SMILES string of the molecule is O=C(O)/C=C/c1ccc(O)c2c1c(C(=O)O)cc1cc(O)c(O)cc12. The minimum Gasteiger partial charge on any atom is -0.507 e. The number of carbonyl (C=O) groups is 2. The van der Waals surface area contributed by atoms with Crippen molar-refractivity contribution in [2.45, 2.75) is 0 Å².